The Labute approximate surface area is 157 Å². The molecule has 0 saturated carbocycles. The van der Waals surface area contributed by atoms with Gasteiger partial charge in [0, 0.05) is 29.9 Å². The number of carbonyl (C=O) groups excluding carboxylic acids is 1. The molecule has 0 fully saturated rings. The number of amides is 1. The largest absolute Gasteiger partial charge is 0.355 e. The summed E-state index contributed by atoms with van der Waals surface area (Å²) in [6.45, 7) is 5.87. The maximum atomic E-state index is 11.8. The first-order valence-electron chi connectivity index (χ1n) is 7.75. The van der Waals surface area contributed by atoms with E-state index in [1.807, 2.05) is 24.3 Å². The van der Waals surface area contributed by atoms with Crippen LogP contribution in [-0.2, 0) is 11.3 Å². The summed E-state index contributed by atoms with van der Waals surface area (Å²) in [4.78, 5) is 17.9. The first kappa shape index (κ1) is 20.8. The normalized spacial score (nSPS) is 12.0. The lowest BCUT2D eigenvalue weighted by atomic mass is 10.2. The molecular weight excluding hydrogens is 388 g/mol. The number of aliphatic imine (C=N–C) groups is 1. The Morgan fingerprint density at radius 2 is 1.88 bits per heavy atom. The van der Waals surface area contributed by atoms with Gasteiger partial charge in [-0.3, -0.25) is 4.79 Å². The predicted octanol–water partition coefficient (Wildman–Crippen LogP) is 2.71. The van der Waals surface area contributed by atoms with Gasteiger partial charge in [-0.15, -0.1) is 0 Å². The van der Waals surface area contributed by atoms with Crippen molar-refractivity contribution in [3.05, 3.63) is 34.3 Å². The van der Waals surface area contributed by atoms with E-state index >= 15 is 0 Å². The molecule has 0 spiro atoms. The third-order valence-electron chi connectivity index (χ3n) is 3.47. The first-order chi connectivity index (χ1) is 11.2. The van der Waals surface area contributed by atoms with E-state index in [0.29, 0.717) is 12.5 Å². The van der Waals surface area contributed by atoms with E-state index < -0.39 is 0 Å². The maximum absolute atomic E-state index is 11.8. The van der Waals surface area contributed by atoms with Crippen molar-refractivity contribution < 1.29 is 4.79 Å². The van der Waals surface area contributed by atoms with Crippen molar-refractivity contribution in [1.82, 2.24) is 15.5 Å². The van der Waals surface area contributed by atoms with Gasteiger partial charge in [0.2, 0.25) is 5.91 Å². The molecule has 7 heteroatoms. The number of thioether (sulfide) groups is 1. The van der Waals surface area contributed by atoms with Crippen LogP contribution in [0.3, 0.4) is 0 Å². The van der Waals surface area contributed by atoms with E-state index in [2.05, 4.69) is 51.7 Å². The Bertz CT molecular complexity index is 558. The number of hydrogen-bond acceptors (Lipinski definition) is 3. The minimum absolute atomic E-state index is 0.0114. The second-order valence-corrected chi connectivity index (χ2v) is 8.68. The van der Waals surface area contributed by atoms with Crippen LogP contribution in [0.25, 0.3) is 0 Å². The molecule has 1 aromatic carbocycles. The van der Waals surface area contributed by atoms with Crippen LogP contribution >= 0.6 is 27.7 Å². The van der Waals surface area contributed by atoms with E-state index in [1.165, 1.54) is 0 Å². The molecule has 24 heavy (non-hydrogen) atoms. The number of guanidine groups is 1. The Hall–Kier alpha value is -1.21. The van der Waals surface area contributed by atoms with Crippen molar-refractivity contribution in [3.63, 3.8) is 0 Å². The smallest absolute Gasteiger partial charge is 0.241 e. The van der Waals surface area contributed by atoms with E-state index in [0.717, 1.165) is 16.6 Å². The predicted molar refractivity (Wildman–Crippen MR) is 108 cm³/mol. The molecule has 0 aliphatic heterocycles. The minimum Gasteiger partial charge on any atom is -0.355 e. The monoisotopic (exact) mass is 414 g/mol. The second kappa shape index (κ2) is 9.93. The average Bonchev–Trinajstić information content (AvgIpc) is 2.55. The van der Waals surface area contributed by atoms with Crippen LogP contribution in [0, 0.1) is 0 Å². The average molecular weight is 415 g/mol. The number of nitrogens with zero attached hydrogens (tertiary/aromatic N) is 2. The lowest BCUT2D eigenvalue weighted by Gasteiger charge is -2.24. The fourth-order valence-electron chi connectivity index (χ4n) is 1.62. The Balaban J connectivity index is 2.72. The van der Waals surface area contributed by atoms with Crippen LogP contribution in [-0.4, -0.2) is 55.0 Å². The summed E-state index contributed by atoms with van der Waals surface area (Å²) in [5.41, 5.74) is 1.11. The van der Waals surface area contributed by atoms with Crippen molar-refractivity contribution in [3.8, 4) is 0 Å². The van der Waals surface area contributed by atoms with Crippen molar-refractivity contribution in [2.75, 3.05) is 33.4 Å². The lowest BCUT2D eigenvalue weighted by molar-refractivity contribution is -0.127. The van der Waals surface area contributed by atoms with Crippen LogP contribution in [0.2, 0.25) is 0 Å². The van der Waals surface area contributed by atoms with Gasteiger partial charge in [0.25, 0.3) is 0 Å². The fourth-order valence-corrected chi connectivity index (χ4v) is 2.10. The Morgan fingerprint density at radius 3 is 2.42 bits per heavy atom. The molecule has 2 N–H and O–H groups in total. The number of benzene rings is 1. The summed E-state index contributed by atoms with van der Waals surface area (Å²) in [6.07, 6.45) is 2.09. The number of likely N-dealkylation sites (N-methyl/N-ethyl adjacent to an activating group) is 1. The van der Waals surface area contributed by atoms with Crippen LogP contribution in [0.4, 0.5) is 0 Å². The SMILES string of the molecule is CSC(C)(C)CNC(=NCc1ccc(Br)cc1)NCC(=O)N(C)C. The van der Waals surface area contributed by atoms with E-state index in [1.54, 1.807) is 30.8 Å². The zero-order valence-corrected chi connectivity index (χ0v) is 17.4. The van der Waals surface area contributed by atoms with Crippen LogP contribution in [0.5, 0.6) is 0 Å². The molecule has 1 rings (SSSR count). The van der Waals surface area contributed by atoms with Crippen LogP contribution in [0.15, 0.2) is 33.7 Å². The van der Waals surface area contributed by atoms with Crippen molar-refractivity contribution in [2.24, 2.45) is 4.99 Å². The molecule has 0 aliphatic carbocycles. The Morgan fingerprint density at radius 1 is 1.25 bits per heavy atom. The molecule has 1 aromatic rings. The summed E-state index contributed by atoms with van der Waals surface area (Å²) in [5.74, 6) is 0.660. The standard InChI is InChI=1S/C17H27BrN4OS/c1-17(2,24-5)12-21-16(20-11-15(23)22(3)4)19-10-13-6-8-14(18)9-7-13/h6-9H,10-12H2,1-5H3,(H2,19,20,21). The molecule has 0 aliphatic rings. The quantitative estimate of drug-likeness (QED) is 0.531. The van der Waals surface area contributed by atoms with Crippen molar-refractivity contribution in [2.45, 2.75) is 25.1 Å². The maximum Gasteiger partial charge on any atom is 0.241 e. The van der Waals surface area contributed by atoms with Gasteiger partial charge in [-0.1, -0.05) is 28.1 Å². The van der Waals surface area contributed by atoms with Gasteiger partial charge < -0.3 is 15.5 Å². The zero-order valence-electron chi connectivity index (χ0n) is 15.0. The first-order valence-corrected chi connectivity index (χ1v) is 9.77. The van der Waals surface area contributed by atoms with Crippen molar-refractivity contribution in [1.29, 1.82) is 0 Å². The molecule has 0 bridgehead atoms. The van der Waals surface area contributed by atoms with Gasteiger partial charge in [0.15, 0.2) is 5.96 Å². The van der Waals surface area contributed by atoms with Crippen molar-refractivity contribution >= 4 is 39.6 Å². The number of carbonyl (C=O) groups is 1. The number of nitrogens with one attached hydrogen (secondary N) is 2. The molecule has 0 saturated heterocycles. The second-order valence-electron chi connectivity index (χ2n) is 6.25. The highest BCUT2D eigenvalue weighted by atomic mass is 79.9. The van der Waals surface area contributed by atoms with E-state index in [9.17, 15) is 4.79 Å². The topological polar surface area (TPSA) is 56.7 Å². The zero-order chi connectivity index (χ0) is 18.2. The molecule has 0 heterocycles. The molecule has 0 aromatic heterocycles. The summed E-state index contributed by atoms with van der Waals surface area (Å²) in [7, 11) is 3.49. The van der Waals surface area contributed by atoms with Gasteiger partial charge >= 0.3 is 0 Å². The molecule has 0 radical (unpaired) electrons. The van der Waals surface area contributed by atoms with Crippen LogP contribution in [0.1, 0.15) is 19.4 Å². The summed E-state index contributed by atoms with van der Waals surface area (Å²) in [6, 6.07) is 8.06. The van der Waals surface area contributed by atoms with Gasteiger partial charge in [-0.2, -0.15) is 11.8 Å². The number of rotatable bonds is 7. The van der Waals surface area contributed by atoms with Gasteiger partial charge in [0.1, 0.15) is 0 Å². The third-order valence-corrected chi connectivity index (χ3v) is 5.25. The summed E-state index contributed by atoms with van der Waals surface area (Å²) >= 11 is 5.22. The van der Waals surface area contributed by atoms with Gasteiger partial charge in [0.05, 0.1) is 13.1 Å². The minimum atomic E-state index is 0.0114. The summed E-state index contributed by atoms with van der Waals surface area (Å²) < 4.78 is 1.14. The lowest BCUT2D eigenvalue weighted by Crippen LogP contribution is -2.46. The highest BCUT2D eigenvalue weighted by Crippen LogP contribution is 2.19. The molecule has 0 atom stereocenters. The number of halogens is 1. The van der Waals surface area contributed by atoms with E-state index in [-0.39, 0.29) is 17.2 Å². The van der Waals surface area contributed by atoms with Gasteiger partial charge in [-0.05, 0) is 37.8 Å². The molecule has 0 unspecified atom stereocenters. The third kappa shape index (κ3) is 8.06. The van der Waals surface area contributed by atoms with Crippen LogP contribution < -0.4 is 10.6 Å². The molecule has 1 amide bonds. The highest BCUT2D eigenvalue weighted by Gasteiger charge is 2.16. The van der Waals surface area contributed by atoms with E-state index in [4.69, 9.17) is 0 Å². The summed E-state index contributed by atoms with van der Waals surface area (Å²) in [5, 5.41) is 6.43. The number of hydrogen-bond donors (Lipinski definition) is 2. The Kier molecular flexibility index (Phi) is 8.62. The van der Waals surface area contributed by atoms with Gasteiger partial charge in [-0.25, -0.2) is 4.99 Å². The molecule has 134 valence electrons. The molecule has 5 nitrogen and oxygen atoms in total. The molecular formula is C17H27BrN4OS. The fraction of sp³-hybridized carbons (Fsp3) is 0.529. The highest BCUT2D eigenvalue weighted by molar-refractivity contribution is 9.10.